The molecule has 0 radical (unpaired) electrons. The highest BCUT2D eigenvalue weighted by Gasteiger charge is 2.40. The monoisotopic (exact) mass is 266 g/mol. The first-order valence-electron chi connectivity index (χ1n) is 6.19. The molecule has 5 heteroatoms. The Morgan fingerprint density at radius 1 is 1.44 bits per heavy atom. The van der Waals surface area contributed by atoms with Gasteiger partial charge >= 0.3 is 0 Å². The van der Waals surface area contributed by atoms with E-state index in [1.54, 1.807) is 12.3 Å². The van der Waals surface area contributed by atoms with Crippen molar-refractivity contribution in [2.45, 2.75) is 31.8 Å². The van der Waals surface area contributed by atoms with Crippen molar-refractivity contribution in [3.63, 3.8) is 0 Å². The summed E-state index contributed by atoms with van der Waals surface area (Å²) in [5.74, 6) is 0.0625. The molecule has 18 heavy (non-hydrogen) atoms. The zero-order valence-electron chi connectivity index (χ0n) is 10.2. The number of carbonyl (C=O) groups excluding carboxylic acids is 1. The first-order chi connectivity index (χ1) is 8.66. The van der Waals surface area contributed by atoms with Gasteiger partial charge in [-0.2, -0.15) is 0 Å². The molecule has 2 aliphatic rings. The molecule has 2 bridgehead atoms. The summed E-state index contributed by atoms with van der Waals surface area (Å²) in [4.78, 5) is 18.6. The molecule has 1 aromatic rings. The molecule has 0 saturated carbocycles. The first-order valence-corrected chi connectivity index (χ1v) is 6.57. The summed E-state index contributed by atoms with van der Waals surface area (Å²) < 4.78 is 5.49. The number of hydrogen-bond acceptors (Lipinski definition) is 3. The number of carbonyl (C=O) groups is 1. The summed E-state index contributed by atoms with van der Waals surface area (Å²) >= 11 is 5.82. The molecule has 3 heterocycles. The number of aryl methyl sites for hydroxylation is 1. The van der Waals surface area contributed by atoms with Gasteiger partial charge < -0.3 is 9.64 Å². The molecular weight excluding hydrogens is 252 g/mol. The van der Waals surface area contributed by atoms with Gasteiger partial charge in [0.1, 0.15) is 5.15 Å². The summed E-state index contributed by atoms with van der Waals surface area (Å²) in [6.45, 7) is 3.20. The normalized spacial score (nSPS) is 26.4. The highest BCUT2D eigenvalue weighted by atomic mass is 35.5. The van der Waals surface area contributed by atoms with Gasteiger partial charge in [-0.3, -0.25) is 4.79 Å². The lowest BCUT2D eigenvalue weighted by Crippen LogP contribution is -2.49. The van der Waals surface area contributed by atoms with Crippen LogP contribution in [0.1, 0.15) is 28.8 Å². The molecule has 2 unspecified atom stereocenters. The molecule has 1 aromatic heterocycles. The number of fused-ring (bicyclic) bond motifs is 2. The number of halogens is 1. The second-order valence-electron chi connectivity index (χ2n) is 4.96. The Labute approximate surface area is 111 Å². The third-order valence-corrected chi connectivity index (χ3v) is 3.99. The van der Waals surface area contributed by atoms with Crippen LogP contribution in [0.3, 0.4) is 0 Å². The van der Waals surface area contributed by atoms with E-state index in [1.165, 1.54) is 0 Å². The second-order valence-corrected chi connectivity index (χ2v) is 5.34. The number of rotatable bonds is 1. The van der Waals surface area contributed by atoms with E-state index >= 15 is 0 Å². The minimum absolute atomic E-state index is 0.0625. The van der Waals surface area contributed by atoms with E-state index in [1.807, 2.05) is 11.8 Å². The minimum Gasteiger partial charge on any atom is -0.377 e. The van der Waals surface area contributed by atoms with Crippen molar-refractivity contribution >= 4 is 17.5 Å². The molecule has 0 aromatic carbocycles. The fourth-order valence-corrected chi connectivity index (χ4v) is 3.06. The highest BCUT2D eigenvalue weighted by Crippen LogP contribution is 2.30. The second kappa shape index (κ2) is 4.52. The van der Waals surface area contributed by atoms with Crippen molar-refractivity contribution in [2.24, 2.45) is 0 Å². The molecule has 96 valence electrons. The van der Waals surface area contributed by atoms with Gasteiger partial charge in [-0.05, 0) is 31.4 Å². The van der Waals surface area contributed by atoms with Crippen LogP contribution in [0.15, 0.2) is 12.3 Å². The Kier molecular flexibility index (Phi) is 2.99. The number of amides is 1. The smallest absolute Gasteiger partial charge is 0.256 e. The molecule has 1 amide bonds. The Hall–Kier alpha value is -1.13. The molecule has 2 atom stereocenters. The van der Waals surface area contributed by atoms with Crippen LogP contribution in [0, 0.1) is 6.92 Å². The van der Waals surface area contributed by atoms with Gasteiger partial charge in [0.15, 0.2) is 0 Å². The SMILES string of the molecule is Cc1cc(Cl)ncc1C(=O)N1C2CCC1COC2. The Morgan fingerprint density at radius 2 is 2.11 bits per heavy atom. The lowest BCUT2D eigenvalue weighted by atomic mass is 10.1. The van der Waals surface area contributed by atoms with Crippen LogP contribution in [0.5, 0.6) is 0 Å². The maximum Gasteiger partial charge on any atom is 0.256 e. The van der Waals surface area contributed by atoms with Crippen molar-refractivity contribution in [1.29, 1.82) is 0 Å². The van der Waals surface area contributed by atoms with Crippen LogP contribution in [-0.2, 0) is 4.74 Å². The fourth-order valence-electron chi connectivity index (χ4n) is 2.84. The predicted molar refractivity (Wildman–Crippen MR) is 67.8 cm³/mol. The Morgan fingerprint density at radius 3 is 2.72 bits per heavy atom. The fraction of sp³-hybridized carbons (Fsp3) is 0.538. The minimum atomic E-state index is 0.0625. The molecular formula is C13H15ClN2O2. The Bertz CT molecular complexity index is 476. The van der Waals surface area contributed by atoms with E-state index < -0.39 is 0 Å². The molecule has 0 aliphatic carbocycles. The number of pyridine rings is 1. The quantitative estimate of drug-likeness (QED) is 0.731. The van der Waals surface area contributed by atoms with Gasteiger partial charge in [0.05, 0.1) is 30.9 Å². The number of aromatic nitrogens is 1. The lowest BCUT2D eigenvalue weighted by molar-refractivity contribution is -0.00721. The van der Waals surface area contributed by atoms with Gasteiger partial charge in [0.2, 0.25) is 0 Å². The average molecular weight is 267 g/mol. The van der Waals surface area contributed by atoms with Gasteiger partial charge in [-0.1, -0.05) is 11.6 Å². The third kappa shape index (κ3) is 1.89. The summed E-state index contributed by atoms with van der Waals surface area (Å²) in [5, 5.41) is 0.425. The molecule has 0 N–H and O–H groups in total. The first kappa shape index (κ1) is 11.9. The van der Waals surface area contributed by atoms with E-state index in [0.717, 1.165) is 18.4 Å². The maximum absolute atomic E-state index is 12.6. The zero-order valence-corrected chi connectivity index (χ0v) is 11.0. The topological polar surface area (TPSA) is 42.4 Å². The Balaban J connectivity index is 1.90. The molecule has 2 saturated heterocycles. The largest absolute Gasteiger partial charge is 0.377 e. The van der Waals surface area contributed by atoms with E-state index in [9.17, 15) is 4.79 Å². The highest BCUT2D eigenvalue weighted by molar-refractivity contribution is 6.29. The van der Waals surface area contributed by atoms with Crippen LogP contribution in [0.25, 0.3) is 0 Å². The van der Waals surface area contributed by atoms with Crippen molar-refractivity contribution < 1.29 is 9.53 Å². The molecule has 4 nitrogen and oxygen atoms in total. The van der Waals surface area contributed by atoms with E-state index in [2.05, 4.69) is 4.98 Å². The van der Waals surface area contributed by atoms with Gasteiger partial charge in [0, 0.05) is 6.20 Å². The summed E-state index contributed by atoms with van der Waals surface area (Å²) in [6, 6.07) is 2.19. The number of nitrogens with zero attached hydrogens (tertiary/aromatic N) is 2. The predicted octanol–water partition coefficient (Wildman–Crippen LogP) is 2.05. The van der Waals surface area contributed by atoms with Crippen LogP contribution >= 0.6 is 11.6 Å². The summed E-state index contributed by atoms with van der Waals surface area (Å²) in [7, 11) is 0. The van der Waals surface area contributed by atoms with E-state index in [-0.39, 0.29) is 18.0 Å². The maximum atomic E-state index is 12.6. The number of hydrogen-bond donors (Lipinski definition) is 0. The van der Waals surface area contributed by atoms with Gasteiger partial charge in [0.25, 0.3) is 5.91 Å². The number of morpholine rings is 1. The van der Waals surface area contributed by atoms with Crippen LogP contribution in [0.2, 0.25) is 5.15 Å². The number of ether oxygens (including phenoxy) is 1. The van der Waals surface area contributed by atoms with Crippen molar-refractivity contribution in [3.05, 3.63) is 28.5 Å². The van der Waals surface area contributed by atoms with Crippen molar-refractivity contribution in [3.8, 4) is 0 Å². The lowest BCUT2D eigenvalue weighted by Gasteiger charge is -2.34. The van der Waals surface area contributed by atoms with Crippen molar-refractivity contribution in [1.82, 2.24) is 9.88 Å². The standard InChI is InChI=1S/C13H15ClN2O2/c1-8-4-12(14)15-5-11(8)13(17)16-9-2-3-10(16)7-18-6-9/h4-5,9-10H,2-3,6-7H2,1H3. The van der Waals surface area contributed by atoms with E-state index in [4.69, 9.17) is 16.3 Å². The van der Waals surface area contributed by atoms with E-state index in [0.29, 0.717) is 23.9 Å². The van der Waals surface area contributed by atoms with Gasteiger partial charge in [-0.15, -0.1) is 0 Å². The molecule has 3 rings (SSSR count). The molecule has 2 fully saturated rings. The molecule has 2 aliphatic heterocycles. The summed E-state index contributed by atoms with van der Waals surface area (Å²) in [6.07, 6.45) is 3.65. The van der Waals surface area contributed by atoms with Crippen molar-refractivity contribution in [2.75, 3.05) is 13.2 Å². The van der Waals surface area contributed by atoms with Crippen LogP contribution in [-0.4, -0.2) is 41.1 Å². The zero-order chi connectivity index (χ0) is 12.7. The van der Waals surface area contributed by atoms with Crippen LogP contribution in [0.4, 0.5) is 0 Å². The third-order valence-electron chi connectivity index (χ3n) is 3.78. The summed E-state index contributed by atoms with van der Waals surface area (Å²) in [5.41, 5.74) is 1.53. The molecule has 0 spiro atoms. The van der Waals surface area contributed by atoms with Gasteiger partial charge in [-0.25, -0.2) is 4.98 Å². The average Bonchev–Trinajstić information content (AvgIpc) is 2.58. The van der Waals surface area contributed by atoms with Crippen LogP contribution < -0.4 is 0 Å².